The van der Waals surface area contributed by atoms with E-state index in [9.17, 15) is 4.79 Å². The maximum Gasteiger partial charge on any atom is 0.251 e. The number of amides is 1. The number of hydrogen-bond acceptors (Lipinski definition) is 3. The Kier molecular flexibility index (Phi) is 7.57. The number of benzene rings is 3. The van der Waals surface area contributed by atoms with Gasteiger partial charge in [0, 0.05) is 18.7 Å². The summed E-state index contributed by atoms with van der Waals surface area (Å²) in [5, 5.41) is 2.99. The van der Waals surface area contributed by atoms with Gasteiger partial charge in [0.1, 0.15) is 5.75 Å². The van der Waals surface area contributed by atoms with Crippen molar-refractivity contribution in [1.29, 1.82) is 0 Å². The van der Waals surface area contributed by atoms with E-state index in [1.165, 1.54) is 30.4 Å². The van der Waals surface area contributed by atoms with E-state index in [0.717, 1.165) is 36.9 Å². The summed E-state index contributed by atoms with van der Waals surface area (Å²) in [6.45, 7) is 3.71. The largest absolute Gasteiger partial charge is 0.497 e. The molecule has 1 heterocycles. The van der Waals surface area contributed by atoms with Crippen molar-refractivity contribution in [3.8, 4) is 5.75 Å². The third kappa shape index (κ3) is 6.21. The van der Waals surface area contributed by atoms with Crippen molar-refractivity contribution in [2.45, 2.75) is 32.4 Å². The first kappa shape index (κ1) is 22.1. The molecule has 4 heteroatoms. The van der Waals surface area contributed by atoms with Crippen LogP contribution < -0.4 is 10.1 Å². The zero-order valence-electron chi connectivity index (χ0n) is 18.8. The number of carbonyl (C=O) groups excluding carboxylic acids is 1. The van der Waals surface area contributed by atoms with Crippen LogP contribution in [-0.2, 0) is 19.5 Å². The maximum atomic E-state index is 12.5. The lowest BCUT2D eigenvalue weighted by Gasteiger charge is -2.32. The van der Waals surface area contributed by atoms with Crippen LogP contribution in [0.5, 0.6) is 5.75 Å². The van der Waals surface area contributed by atoms with Gasteiger partial charge in [0.25, 0.3) is 5.91 Å². The van der Waals surface area contributed by atoms with E-state index < -0.39 is 0 Å². The van der Waals surface area contributed by atoms with Crippen molar-refractivity contribution in [2.75, 3.05) is 20.2 Å². The summed E-state index contributed by atoms with van der Waals surface area (Å²) in [5.41, 5.74) is 4.42. The second kappa shape index (κ2) is 11.0. The Labute approximate surface area is 191 Å². The second-order valence-electron chi connectivity index (χ2n) is 8.64. The fourth-order valence-corrected chi connectivity index (χ4v) is 4.38. The van der Waals surface area contributed by atoms with E-state index in [1.807, 2.05) is 36.4 Å². The van der Waals surface area contributed by atoms with Crippen molar-refractivity contribution >= 4 is 5.91 Å². The van der Waals surface area contributed by atoms with Crippen LogP contribution >= 0.6 is 0 Å². The number of carbonyl (C=O) groups is 1. The van der Waals surface area contributed by atoms with E-state index in [1.54, 1.807) is 7.11 Å². The molecule has 1 aliphatic heterocycles. The number of methoxy groups -OCH3 is 1. The summed E-state index contributed by atoms with van der Waals surface area (Å²) in [6, 6.07) is 26.6. The molecular weight excluding hydrogens is 396 g/mol. The number of nitrogens with one attached hydrogen (secondary N) is 1. The zero-order chi connectivity index (χ0) is 22.2. The molecule has 0 unspecified atom stereocenters. The van der Waals surface area contributed by atoms with Crippen molar-refractivity contribution in [2.24, 2.45) is 5.92 Å². The SMILES string of the molecule is COc1cccc(CNC(=O)c2ccc(CN3CCC(Cc4ccccc4)CC3)cc2)c1. The van der Waals surface area contributed by atoms with Gasteiger partial charge in [-0.05, 0) is 79.2 Å². The van der Waals surface area contributed by atoms with Crippen LogP contribution in [0.15, 0.2) is 78.9 Å². The molecule has 166 valence electrons. The van der Waals surface area contributed by atoms with Crippen molar-refractivity contribution < 1.29 is 9.53 Å². The summed E-state index contributed by atoms with van der Waals surface area (Å²) < 4.78 is 5.24. The monoisotopic (exact) mass is 428 g/mol. The normalized spacial score (nSPS) is 14.8. The van der Waals surface area contributed by atoms with Crippen LogP contribution in [0, 0.1) is 5.92 Å². The van der Waals surface area contributed by atoms with Crippen LogP contribution in [0.1, 0.15) is 39.9 Å². The molecular formula is C28H32N2O2. The number of likely N-dealkylation sites (tertiary alicyclic amines) is 1. The van der Waals surface area contributed by atoms with Crippen LogP contribution in [-0.4, -0.2) is 31.0 Å². The van der Waals surface area contributed by atoms with Crippen LogP contribution in [0.3, 0.4) is 0 Å². The number of ether oxygens (including phenoxy) is 1. The Morgan fingerprint density at radius 1 is 0.906 bits per heavy atom. The predicted octanol–water partition coefficient (Wildman–Crippen LogP) is 5.08. The second-order valence-corrected chi connectivity index (χ2v) is 8.64. The number of piperidine rings is 1. The average molecular weight is 429 g/mol. The summed E-state index contributed by atoms with van der Waals surface area (Å²) >= 11 is 0. The molecule has 0 aromatic heterocycles. The molecule has 1 fully saturated rings. The minimum absolute atomic E-state index is 0.0545. The third-order valence-electron chi connectivity index (χ3n) is 6.28. The Hall–Kier alpha value is -3.11. The lowest BCUT2D eigenvalue weighted by atomic mass is 9.90. The molecule has 0 bridgehead atoms. The van der Waals surface area contributed by atoms with E-state index in [0.29, 0.717) is 12.1 Å². The fourth-order valence-electron chi connectivity index (χ4n) is 4.38. The molecule has 4 nitrogen and oxygen atoms in total. The Balaban J connectivity index is 1.22. The van der Waals surface area contributed by atoms with Gasteiger partial charge < -0.3 is 10.1 Å². The highest BCUT2D eigenvalue weighted by atomic mass is 16.5. The quantitative estimate of drug-likeness (QED) is 0.544. The molecule has 0 aliphatic carbocycles. The summed E-state index contributed by atoms with van der Waals surface area (Å²) in [5.74, 6) is 1.52. The number of rotatable bonds is 8. The van der Waals surface area contributed by atoms with Gasteiger partial charge >= 0.3 is 0 Å². The van der Waals surface area contributed by atoms with Crippen LogP contribution in [0.4, 0.5) is 0 Å². The van der Waals surface area contributed by atoms with Gasteiger partial charge in [0.05, 0.1) is 7.11 Å². The van der Waals surface area contributed by atoms with Gasteiger partial charge in [0.2, 0.25) is 0 Å². The molecule has 1 aliphatic rings. The fraction of sp³-hybridized carbons (Fsp3) is 0.321. The number of hydrogen-bond donors (Lipinski definition) is 1. The van der Waals surface area contributed by atoms with Crippen molar-refractivity contribution in [3.05, 3.63) is 101 Å². The first-order chi connectivity index (χ1) is 15.7. The highest BCUT2D eigenvalue weighted by Crippen LogP contribution is 2.23. The summed E-state index contributed by atoms with van der Waals surface area (Å²) in [7, 11) is 1.65. The first-order valence-corrected chi connectivity index (χ1v) is 11.5. The molecule has 4 rings (SSSR count). The van der Waals surface area contributed by atoms with Gasteiger partial charge in [-0.2, -0.15) is 0 Å². The highest BCUT2D eigenvalue weighted by Gasteiger charge is 2.19. The van der Waals surface area contributed by atoms with Crippen molar-refractivity contribution in [1.82, 2.24) is 10.2 Å². The molecule has 1 amide bonds. The Morgan fingerprint density at radius 3 is 2.34 bits per heavy atom. The summed E-state index contributed by atoms with van der Waals surface area (Å²) in [6.07, 6.45) is 3.69. The van der Waals surface area contributed by atoms with Gasteiger partial charge in [-0.1, -0.05) is 54.6 Å². The topological polar surface area (TPSA) is 41.6 Å². The van der Waals surface area contributed by atoms with Gasteiger partial charge in [0.15, 0.2) is 0 Å². The van der Waals surface area contributed by atoms with Crippen LogP contribution in [0.25, 0.3) is 0 Å². The molecule has 3 aromatic carbocycles. The van der Waals surface area contributed by atoms with Gasteiger partial charge in [-0.15, -0.1) is 0 Å². The predicted molar refractivity (Wildman–Crippen MR) is 129 cm³/mol. The van der Waals surface area contributed by atoms with Crippen LogP contribution in [0.2, 0.25) is 0 Å². The Morgan fingerprint density at radius 2 is 1.62 bits per heavy atom. The highest BCUT2D eigenvalue weighted by molar-refractivity contribution is 5.94. The molecule has 0 spiro atoms. The Bertz CT molecular complexity index is 993. The maximum absolute atomic E-state index is 12.5. The minimum Gasteiger partial charge on any atom is -0.497 e. The zero-order valence-corrected chi connectivity index (χ0v) is 18.8. The number of nitrogens with zero attached hydrogens (tertiary/aromatic N) is 1. The molecule has 3 aromatic rings. The van der Waals surface area contributed by atoms with Gasteiger partial charge in [-0.25, -0.2) is 0 Å². The first-order valence-electron chi connectivity index (χ1n) is 11.5. The molecule has 1 N–H and O–H groups in total. The standard InChI is InChI=1S/C28H32N2O2/c1-32-27-9-5-8-25(19-27)20-29-28(31)26-12-10-24(11-13-26)21-30-16-14-23(15-17-30)18-22-6-3-2-4-7-22/h2-13,19,23H,14-18,20-21H2,1H3,(H,29,31). The average Bonchev–Trinajstić information content (AvgIpc) is 2.85. The van der Waals surface area contributed by atoms with Gasteiger partial charge in [-0.3, -0.25) is 9.69 Å². The molecule has 0 radical (unpaired) electrons. The summed E-state index contributed by atoms with van der Waals surface area (Å²) in [4.78, 5) is 15.0. The van der Waals surface area contributed by atoms with E-state index in [2.05, 4.69) is 52.7 Å². The van der Waals surface area contributed by atoms with E-state index in [-0.39, 0.29) is 5.91 Å². The lowest BCUT2D eigenvalue weighted by Crippen LogP contribution is -2.33. The minimum atomic E-state index is -0.0545. The molecule has 0 saturated carbocycles. The molecule has 0 atom stereocenters. The molecule has 1 saturated heterocycles. The van der Waals surface area contributed by atoms with E-state index in [4.69, 9.17) is 4.74 Å². The van der Waals surface area contributed by atoms with E-state index >= 15 is 0 Å². The molecule has 32 heavy (non-hydrogen) atoms. The van der Waals surface area contributed by atoms with Crippen molar-refractivity contribution in [3.63, 3.8) is 0 Å². The smallest absolute Gasteiger partial charge is 0.251 e. The third-order valence-corrected chi connectivity index (χ3v) is 6.28. The lowest BCUT2D eigenvalue weighted by molar-refractivity contribution is 0.0951.